The number of hydrogen-bond acceptors (Lipinski definition) is 5. The molecule has 0 bridgehead atoms. The third-order valence-corrected chi connectivity index (χ3v) is 4.72. The van der Waals surface area contributed by atoms with Crippen molar-refractivity contribution in [1.82, 2.24) is 5.43 Å². The Balaban J connectivity index is 2.08. The van der Waals surface area contributed by atoms with Crippen molar-refractivity contribution in [2.75, 3.05) is 13.7 Å². The summed E-state index contributed by atoms with van der Waals surface area (Å²) in [6, 6.07) is 8.80. The van der Waals surface area contributed by atoms with E-state index < -0.39 is 12.6 Å². The lowest BCUT2D eigenvalue weighted by Crippen LogP contribution is -2.11. The van der Waals surface area contributed by atoms with E-state index in [1.54, 1.807) is 36.5 Å². The largest absolute Gasteiger partial charge is 0.493 e. The molecule has 0 spiro atoms. The summed E-state index contributed by atoms with van der Waals surface area (Å²) >= 11 is 14.3. The molecule has 6 nitrogen and oxygen atoms in total. The van der Waals surface area contributed by atoms with E-state index in [0.717, 1.165) is 11.1 Å². The van der Waals surface area contributed by atoms with Gasteiger partial charge in [0.05, 0.1) is 23.4 Å². The normalized spacial score (nSPS) is 10.8. The highest BCUT2D eigenvalue weighted by Gasteiger charge is 2.12. The van der Waals surface area contributed by atoms with E-state index in [4.69, 9.17) is 37.8 Å². The topological polar surface area (TPSA) is 80.1 Å². The summed E-state index contributed by atoms with van der Waals surface area (Å²) in [5.74, 6) is -0.256. The van der Waals surface area contributed by atoms with Crippen LogP contribution in [0.5, 0.6) is 11.5 Å². The number of methoxy groups -OCH3 is 1. The van der Waals surface area contributed by atoms with Crippen LogP contribution in [0.2, 0.25) is 10.0 Å². The number of halogens is 3. The minimum Gasteiger partial charge on any atom is -0.493 e. The predicted molar refractivity (Wildman–Crippen MR) is 110 cm³/mol. The lowest BCUT2D eigenvalue weighted by Gasteiger charge is -2.12. The van der Waals surface area contributed by atoms with Crippen LogP contribution >= 0.6 is 45.8 Å². The number of carbonyl (C=O) groups is 1. The number of nitrogens with one attached hydrogen (secondary N) is 1. The standard InChI is InChI=1S/C17H15Cl2IN2O4/c1-25-15-6-10(5-14(20)17(15)26-9-16(23)24)7-21-22-8-11-12(18)3-2-4-13(11)19/h2-7,22H,8-9H2,1H3,(H,23,24)/b21-7+. The lowest BCUT2D eigenvalue weighted by molar-refractivity contribution is -0.139. The molecular formula is C17H15Cl2IN2O4. The van der Waals surface area contributed by atoms with Crippen LogP contribution in [0.4, 0.5) is 0 Å². The first kappa shape index (κ1) is 20.6. The third-order valence-electron chi connectivity index (χ3n) is 3.21. The molecule has 0 fully saturated rings. The van der Waals surface area contributed by atoms with Crippen LogP contribution in [-0.2, 0) is 11.3 Å². The fourth-order valence-corrected chi connectivity index (χ4v) is 3.35. The SMILES string of the molecule is COc1cc(/C=N/NCc2c(Cl)cccc2Cl)cc(I)c1OCC(=O)O. The highest BCUT2D eigenvalue weighted by molar-refractivity contribution is 14.1. The highest BCUT2D eigenvalue weighted by Crippen LogP contribution is 2.33. The van der Waals surface area contributed by atoms with E-state index in [-0.39, 0.29) is 0 Å². The summed E-state index contributed by atoms with van der Waals surface area (Å²) in [5.41, 5.74) is 4.41. The Labute approximate surface area is 174 Å². The fourth-order valence-electron chi connectivity index (χ4n) is 2.03. The van der Waals surface area contributed by atoms with Gasteiger partial charge in [-0.15, -0.1) is 0 Å². The van der Waals surface area contributed by atoms with Gasteiger partial charge in [0.15, 0.2) is 18.1 Å². The first-order chi connectivity index (χ1) is 12.4. The van der Waals surface area contributed by atoms with Gasteiger partial charge in [-0.25, -0.2) is 4.79 Å². The minimum atomic E-state index is -1.06. The predicted octanol–water partition coefficient (Wildman–Crippen LogP) is 4.19. The maximum Gasteiger partial charge on any atom is 0.341 e. The average molecular weight is 509 g/mol. The number of hydrogen-bond donors (Lipinski definition) is 2. The molecule has 0 heterocycles. The van der Waals surface area contributed by atoms with E-state index in [1.807, 2.05) is 22.6 Å². The van der Waals surface area contributed by atoms with E-state index in [2.05, 4.69) is 10.5 Å². The molecule has 0 atom stereocenters. The Morgan fingerprint density at radius 2 is 2.04 bits per heavy atom. The Morgan fingerprint density at radius 3 is 2.65 bits per heavy atom. The van der Waals surface area contributed by atoms with Gasteiger partial charge >= 0.3 is 5.97 Å². The van der Waals surface area contributed by atoms with Crippen LogP contribution in [0.3, 0.4) is 0 Å². The second-order valence-electron chi connectivity index (χ2n) is 5.01. The Hall–Kier alpha value is -1.71. The van der Waals surface area contributed by atoms with Gasteiger partial charge in [0.25, 0.3) is 0 Å². The Bertz CT molecular complexity index is 810. The van der Waals surface area contributed by atoms with Crippen LogP contribution in [0.15, 0.2) is 35.4 Å². The molecule has 0 saturated heterocycles. The van der Waals surface area contributed by atoms with Crippen molar-refractivity contribution in [2.24, 2.45) is 5.10 Å². The van der Waals surface area contributed by atoms with Crippen LogP contribution < -0.4 is 14.9 Å². The van der Waals surface area contributed by atoms with Gasteiger partial charge in [0.2, 0.25) is 0 Å². The summed E-state index contributed by atoms with van der Waals surface area (Å²) in [4.78, 5) is 10.7. The summed E-state index contributed by atoms with van der Waals surface area (Å²) in [7, 11) is 1.48. The third kappa shape index (κ3) is 5.65. The van der Waals surface area contributed by atoms with Gasteiger partial charge in [-0.2, -0.15) is 5.10 Å². The number of aliphatic carboxylic acids is 1. The maximum absolute atomic E-state index is 10.7. The number of carboxylic acid groups (broad SMARTS) is 1. The van der Waals surface area contributed by atoms with Crippen LogP contribution in [0, 0.1) is 3.57 Å². The number of hydrazone groups is 1. The molecule has 2 aromatic carbocycles. The average Bonchev–Trinajstić information content (AvgIpc) is 2.59. The van der Waals surface area contributed by atoms with E-state index >= 15 is 0 Å². The van der Waals surface area contributed by atoms with Crippen molar-refractivity contribution in [3.63, 3.8) is 0 Å². The Morgan fingerprint density at radius 1 is 1.35 bits per heavy atom. The molecule has 0 unspecified atom stereocenters. The number of benzene rings is 2. The molecule has 0 aliphatic heterocycles. The number of carboxylic acids is 1. The lowest BCUT2D eigenvalue weighted by atomic mass is 10.2. The zero-order valence-corrected chi connectivity index (χ0v) is 17.3. The molecule has 0 saturated carbocycles. The van der Waals surface area contributed by atoms with Gasteiger partial charge in [-0.1, -0.05) is 29.3 Å². The van der Waals surface area contributed by atoms with Gasteiger partial charge in [-0.05, 0) is 52.4 Å². The molecule has 9 heteroatoms. The number of ether oxygens (including phenoxy) is 2. The molecule has 0 amide bonds. The van der Waals surface area contributed by atoms with Crippen molar-refractivity contribution in [3.8, 4) is 11.5 Å². The fraction of sp³-hybridized carbons (Fsp3) is 0.176. The van der Waals surface area contributed by atoms with E-state index in [9.17, 15) is 4.79 Å². The van der Waals surface area contributed by atoms with Crippen LogP contribution in [0.1, 0.15) is 11.1 Å². The molecule has 0 aliphatic rings. The highest BCUT2D eigenvalue weighted by atomic mass is 127. The molecule has 0 aliphatic carbocycles. The van der Waals surface area contributed by atoms with Crippen molar-refractivity contribution in [2.45, 2.75) is 6.54 Å². The first-order valence-electron chi connectivity index (χ1n) is 7.33. The molecular weight excluding hydrogens is 494 g/mol. The van der Waals surface area contributed by atoms with E-state index in [1.165, 1.54) is 7.11 Å². The van der Waals surface area contributed by atoms with E-state index in [0.29, 0.717) is 31.7 Å². The van der Waals surface area contributed by atoms with Gasteiger partial charge in [0, 0.05) is 15.6 Å². The smallest absolute Gasteiger partial charge is 0.341 e. The molecule has 2 rings (SSSR count). The second kappa shape index (κ2) is 9.84. The van der Waals surface area contributed by atoms with Crippen molar-refractivity contribution in [1.29, 1.82) is 0 Å². The summed E-state index contributed by atoms with van der Waals surface area (Å²) in [6.07, 6.45) is 1.61. The Kier molecular flexibility index (Phi) is 7.80. The van der Waals surface area contributed by atoms with Gasteiger partial charge in [-0.3, -0.25) is 0 Å². The zero-order chi connectivity index (χ0) is 19.1. The van der Waals surface area contributed by atoms with Crippen molar-refractivity contribution < 1.29 is 19.4 Å². The molecule has 138 valence electrons. The van der Waals surface area contributed by atoms with Crippen LogP contribution in [-0.4, -0.2) is 31.0 Å². The summed E-state index contributed by atoms with van der Waals surface area (Å²) in [5, 5.41) is 14.0. The number of rotatable bonds is 8. The molecule has 0 radical (unpaired) electrons. The molecule has 26 heavy (non-hydrogen) atoms. The van der Waals surface area contributed by atoms with Crippen molar-refractivity contribution in [3.05, 3.63) is 55.1 Å². The quantitative estimate of drug-likeness (QED) is 0.317. The maximum atomic E-state index is 10.7. The summed E-state index contributed by atoms with van der Waals surface area (Å²) < 4.78 is 11.2. The monoisotopic (exact) mass is 508 g/mol. The van der Waals surface area contributed by atoms with Gasteiger partial charge in [0.1, 0.15) is 0 Å². The summed E-state index contributed by atoms with van der Waals surface area (Å²) in [6.45, 7) is -0.0665. The van der Waals surface area contributed by atoms with Crippen LogP contribution in [0.25, 0.3) is 0 Å². The molecule has 2 aromatic rings. The second-order valence-corrected chi connectivity index (χ2v) is 6.99. The number of nitrogens with zero attached hydrogens (tertiary/aromatic N) is 1. The first-order valence-corrected chi connectivity index (χ1v) is 9.16. The van der Waals surface area contributed by atoms with Gasteiger partial charge < -0.3 is 20.0 Å². The molecule has 0 aromatic heterocycles. The molecule has 2 N–H and O–H groups in total. The van der Waals surface area contributed by atoms with Crippen molar-refractivity contribution >= 4 is 58.0 Å². The zero-order valence-electron chi connectivity index (χ0n) is 13.6. The minimum absolute atomic E-state index is 0.378.